The van der Waals surface area contributed by atoms with Crippen molar-refractivity contribution < 1.29 is 14.3 Å². The molecule has 1 aromatic heterocycles. The Kier molecular flexibility index (Phi) is 10.9. The molecule has 0 spiro atoms. The maximum absolute atomic E-state index is 12.9. The number of carbonyl (C=O) groups excluding carboxylic acids is 1. The minimum atomic E-state index is 0. The molecular weight excluding hydrogens is 425 g/mol. The fourth-order valence-electron chi connectivity index (χ4n) is 3.68. The number of rotatable bonds is 7. The molecule has 0 aliphatic carbocycles. The van der Waals surface area contributed by atoms with E-state index >= 15 is 0 Å². The normalized spacial score (nSPS) is 13.9. The van der Waals surface area contributed by atoms with Gasteiger partial charge in [0.15, 0.2) is 11.5 Å². The number of amides is 1. The van der Waals surface area contributed by atoms with Gasteiger partial charge in [0, 0.05) is 49.6 Å². The summed E-state index contributed by atoms with van der Waals surface area (Å²) < 4.78 is 10.6. The van der Waals surface area contributed by atoms with E-state index in [1.54, 1.807) is 32.4 Å². The molecule has 1 amide bonds. The van der Waals surface area contributed by atoms with Crippen molar-refractivity contribution in [2.45, 2.75) is 25.3 Å². The van der Waals surface area contributed by atoms with E-state index in [9.17, 15) is 4.79 Å². The van der Waals surface area contributed by atoms with E-state index in [0.717, 1.165) is 44.6 Å². The molecule has 2 aromatic rings. The zero-order valence-corrected chi connectivity index (χ0v) is 19.4. The molecule has 1 fully saturated rings. The fraction of sp³-hybridized carbons (Fsp3) is 0.455. The van der Waals surface area contributed by atoms with Gasteiger partial charge in [-0.1, -0.05) is 6.07 Å². The van der Waals surface area contributed by atoms with Crippen LogP contribution < -0.4 is 9.47 Å². The average Bonchev–Trinajstić information content (AvgIpc) is 2.77. The highest BCUT2D eigenvalue weighted by Crippen LogP contribution is 2.28. The van der Waals surface area contributed by atoms with Gasteiger partial charge in [0.2, 0.25) is 0 Å². The number of likely N-dealkylation sites (tertiary alicyclic amines) is 1. The van der Waals surface area contributed by atoms with Crippen LogP contribution in [0.3, 0.4) is 0 Å². The predicted octanol–water partition coefficient (Wildman–Crippen LogP) is 3.72. The van der Waals surface area contributed by atoms with Crippen molar-refractivity contribution in [3.05, 3.63) is 53.9 Å². The van der Waals surface area contributed by atoms with Crippen molar-refractivity contribution in [3.63, 3.8) is 0 Å². The van der Waals surface area contributed by atoms with Gasteiger partial charge in [0.1, 0.15) is 0 Å². The Hall–Kier alpha value is -2.02. The van der Waals surface area contributed by atoms with E-state index in [-0.39, 0.29) is 30.7 Å². The Morgan fingerprint density at radius 1 is 1.10 bits per heavy atom. The number of hydrogen-bond acceptors (Lipinski definition) is 5. The minimum Gasteiger partial charge on any atom is -0.493 e. The molecule has 0 unspecified atom stereocenters. The molecule has 1 aromatic carbocycles. The first-order valence-electron chi connectivity index (χ1n) is 9.74. The van der Waals surface area contributed by atoms with E-state index in [1.807, 2.05) is 23.2 Å². The second-order valence-corrected chi connectivity index (χ2v) is 7.14. The molecule has 0 radical (unpaired) electrons. The maximum atomic E-state index is 12.9. The Labute approximate surface area is 191 Å². The number of methoxy groups -OCH3 is 2. The molecule has 0 atom stereocenters. The molecular formula is C22H31Cl2N3O3. The summed E-state index contributed by atoms with van der Waals surface area (Å²) in [5.74, 6) is 1.26. The zero-order chi connectivity index (χ0) is 19.9. The minimum absolute atomic E-state index is 0. The van der Waals surface area contributed by atoms with Crippen LogP contribution in [0.15, 0.2) is 42.6 Å². The highest BCUT2D eigenvalue weighted by atomic mass is 35.5. The maximum Gasteiger partial charge on any atom is 0.253 e. The summed E-state index contributed by atoms with van der Waals surface area (Å²) in [4.78, 5) is 21.6. The Balaban J connectivity index is 0.00000225. The molecule has 0 saturated carbocycles. The molecule has 2 heterocycles. The van der Waals surface area contributed by atoms with Crippen molar-refractivity contribution in [2.24, 2.45) is 0 Å². The van der Waals surface area contributed by atoms with E-state index in [2.05, 4.69) is 23.0 Å². The number of ether oxygens (including phenoxy) is 2. The van der Waals surface area contributed by atoms with Gasteiger partial charge in [-0.05, 0) is 50.2 Å². The third kappa shape index (κ3) is 6.49. The second-order valence-electron chi connectivity index (χ2n) is 7.14. The lowest BCUT2D eigenvalue weighted by Gasteiger charge is -2.36. The van der Waals surface area contributed by atoms with Gasteiger partial charge in [0.25, 0.3) is 5.91 Å². The van der Waals surface area contributed by atoms with E-state index < -0.39 is 0 Å². The van der Waals surface area contributed by atoms with Gasteiger partial charge in [-0.3, -0.25) is 9.78 Å². The van der Waals surface area contributed by atoms with Crippen LogP contribution in [0.5, 0.6) is 11.5 Å². The first-order valence-corrected chi connectivity index (χ1v) is 9.74. The molecule has 3 rings (SSSR count). The van der Waals surface area contributed by atoms with Crippen molar-refractivity contribution >= 4 is 30.7 Å². The molecule has 1 saturated heterocycles. The fourth-order valence-corrected chi connectivity index (χ4v) is 3.68. The summed E-state index contributed by atoms with van der Waals surface area (Å²) >= 11 is 0. The Morgan fingerprint density at radius 3 is 2.40 bits per heavy atom. The standard InChI is InChI=1S/C22H29N3O3.2ClH/c1-24(13-9-18-6-4-5-12-23-18)19-10-14-25(15-11-19)22(26)17-7-8-20(27-2)21(16-17)28-3;;/h4-8,12,16,19H,9-11,13-15H2,1-3H3;2*1H. The molecule has 1 aliphatic heterocycles. The lowest BCUT2D eigenvalue weighted by atomic mass is 10.0. The quantitative estimate of drug-likeness (QED) is 0.636. The largest absolute Gasteiger partial charge is 0.493 e. The molecule has 0 bridgehead atoms. The lowest BCUT2D eigenvalue weighted by molar-refractivity contribution is 0.0646. The molecule has 1 aliphatic rings. The molecule has 6 nitrogen and oxygen atoms in total. The third-order valence-electron chi connectivity index (χ3n) is 5.45. The van der Waals surface area contributed by atoms with Crippen molar-refractivity contribution in [3.8, 4) is 11.5 Å². The number of carbonyl (C=O) groups is 1. The summed E-state index contributed by atoms with van der Waals surface area (Å²) in [7, 11) is 5.34. The number of pyridine rings is 1. The number of piperidine rings is 1. The smallest absolute Gasteiger partial charge is 0.253 e. The van der Waals surface area contributed by atoms with Crippen LogP contribution in [0.25, 0.3) is 0 Å². The monoisotopic (exact) mass is 455 g/mol. The van der Waals surface area contributed by atoms with Crippen LogP contribution in [-0.4, -0.2) is 67.6 Å². The highest BCUT2D eigenvalue weighted by molar-refractivity contribution is 5.95. The summed E-state index contributed by atoms with van der Waals surface area (Å²) in [6.07, 6.45) is 4.76. The van der Waals surface area contributed by atoms with Gasteiger partial charge in [-0.2, -0.15) is 0 Å². The van der Waals surface area contributed by atoms with Crippen molar-refractivity contribution in [1.82, 2.24) is 14.8 Å². The van der Waals surface area contributed by atoms with Crippen LogP contribution in [0.4, 0.5) is 0 Å². The molecule has 166 valence electrons. The van der Waals surface area contributed by atoms with Crippen LogP contribution in [-0.2, 0) is 6.42 Å². The van der Waals surface area contributed by atoms with E-state index in [1.165, 1.54) is 0 Å². The topological polar surface area (TPSA) is 54.9 Å². The van der Waals surface area contributed by atoms with Crippen LogP contribution in [0.1, 0.15) is 28.9 Å². The number of likely N-dealkylation sites (N-methyl/N-ethyl adjacent to an activating group) is 1. The number of benzene rings is 1. The van der Waals surface area contributed by atoms with Crippen LogP contribution in [0, 0.1) is 0 Å². The highest BCUT2D eigenvalue weighted by Gasteiger charge is 2.26. The van der Waals surface area contributed by atoms with Gasteiger partial charge >= 0.3 is 0 Å². The summed E-state index contributed by atoms with van der Waals surface area (Å²) in [6, 6.07) is 11.9. The van der Waals surface area contributed by atoms with Gasteiger partial charge in [-0.15, -0.1) is 24.8 Å². The number of nitrogens with zero attached hydrogens (tertiary/aromatic N) is 3. The average molecular weight is 456 g/mol. The van der Waals surface area contributed by atoms with Crippen LogP contribution >= 0.6 is 24.8 Å². The Morgan fingerprint density at radius 2 is 1.80 bits per heavy atom. The SMILES string of the molecule is COc1ccc(C(=O)N2CCC(N(C)CCc3ccccn3)CC2)cc1OC.Cl.Cl. The molecule has 0 N–H and O–H groups in total. The molecule has 30 heavy (non-hydrogen) atoms. The Bertz CT molecular complexity index is 784. The second kappa shape index (κ2) is 12.6. The van der Waals surface area contributed by atoms with Crippen LogP contribution in [0.2, 0.25) is 0 Å². The summed E-state index contributed by atoms with van der Waals surface area (Å²) in [5.41, 5.74) is 1.76. The number of aromatic nitrogens is 1. The van der Waals surface area contributed by atoms with E-state index in [4.69, 9.17) is 9.47 Å². The number of halogens is 2. The third-order valence-corrected chi connectivity index (χ3v) is 5.45. The van der Waals surface area contributed by atoms with E-state index in [0.29, 0.717) is 23.1 Å². The lowest BCUT2D eigenvalue weighted by Crippen LogP contribution is -2.46. The van der Waals surface area contributed by atoms with Gasteiger partial charge in [-0.25, -0.2) is 0 Å². The molecule has 8 heteroatoms. The summed E-state index contributed by atoms with van der Waals surface area (Å²) in [6.45, 7) is 2.52. The first-order chi connectivity index (χ1) is 13.6. The summed E-state index contributed by atoms with van der Waals surface area (Å²) in [5, 5.41) is 0. The number of hydrogen-bond donors (Lipinski definition) is 0. The predicted molar refractivity (Wildman–Crippen MR) is 124 cm³/mol. The zero-order valence-electron chi connectivity index (χ0n) is 17.7. The van der Waals surface area contributed by atoms with Gasteiger partial charge < -0.3 is 19.3 Å². The van der Waals surface area contributed by atoms with Crippen molar-refractivity contribution in [2.75, 3.05) is 40.9 Å². The first kappa shape index (κ1) is 26.0. The van der Waals surface area contributed by atoms with Crippen molar-refractivity contribution in [1.29, 1.82) is 0 Å². The van der Waals surface area contributed by atoms with Gasteiger partial charge in [0.05, 0.1) is 14.2 Å².